The van der Waals surface area contributed by atoms with E-state index in [1.54, 1.807) is 26.2 Å². The van der Waals surface area contributed by atoms with E-state index in [1.165, 1.54) is 4.90 Å². The van der Waals surface area contributed by atoms with Crippen molar-refractivity contribution in [3.05, 3.63) is 51.5 Å². The maximum Gasteiger partial charge on any atom is 0.255 e. The number of allylic oxidation sites excluding steroid dienone is 1. The monoisotopic (exact) mass is 489 g/mol. The van der Waals surface area contributed by atoms with Crippen LogP contribution in [0, 0.1) is 11.8 Å². The van der Waals surface area contributed by atoms with E-state index in [2.05, 4.69) is 5.32 Å². The number of nitrogens with two attached hydrogens (primary N) is 1. The number of fused-ring (bicyclic) bond motifs is 3. The summed E-state index contributed by atoms with van der Waals surface area (Å²) in [7, 11) is 3.15. The third-order valence-corrected chi connectivity index (χ3v) is 7.27. The van der Waals surface area contributed by atoms with Crippen molar-refractivity contribution in [2.75, 3.05) is 27.3 Å². The van der Waals surface area contributed by atoms with Crippen molar-refractivity contribution >= 4 is 17.5 Å². The SMILES string of the molecule is CN(C)[C@@H]1C(O)=C(C(N)=O)C(=O)[C@@]2(O)C(O)=C3C(=O)c4c(ccc(CNCCF)c4O)C[C@H]3C[C@@H]12. The number of halogens is 1. The Labute approximate surface area is 200 Å². The molecule has 0 aliphatic heterocycles. The van der Waals surface area contributed by atoms with Crippen LogP contribution in [0.4, 0.5) is 4.39 Å². The normalized spacial score (nSPS) is 28.2. The van der Waals surface area contributed by atoms with Crippen molar-refractivity contribution in [2.24, 2.45) is 17.6 Å². The number of nitrogens with zero attached hydrogens (tertiary/aromatic N) is 1. The number of primary amides is 1. The van der Waals surface area contributed by atoms with Gasteiger partial charge in [0, 0.05) is 30.1 Å². The summed E-state index contributed by atoms with van der Waals surface area (Å²) >= 11 is 0. The smallest absolute Gasteiger partial charge is 0.255 e. The van der Waals surface area contributed by atoms with Crippen LogP contribution in [0.25, 0.3) is 0 Å². The highest BCUT2D eigenvalue weighted by atomic mass is 19.1. The number of amides is 1. The summed E-state index contributed by atoms with van der Waals surface area (Å²) in [6.07, 6.45) is 0.257. The molecule has 10 nitrogen and oxygen atoms in total. The average Bonchev–Trinajstić information content (AvgIpc) is 2.77. The molecular formula is C24H28FN3O7. The molecule has 0 unspecified atom stereocenters. The molecule has 0 fully saturated rings. The third-order valence-electron chi connectivity index (χ3n) is 7.27. The number of likely N-dealkylation sites (N-methyl/N-ethyl adjacent to an activating group) is 1. The van der Waals surface area contributed by atoms with Crippen LogP contribution in [0.5, 0.6) is 5.75 Å². The van der Waals surface area contributed by atoms with Crippen LogP contribution < -0.4 is 11.1 Å². The summed E-state index contributed by atoms with van der Waals surface area (Å²) in [5, 5.41) is 47.1. The fourth-order valence-corrected chi connectivity index (χ4v) is 5.70. The molecule has 0 heterocycles. The molecule has 1 aromatic carbocycles. The predicted octanol–water partition coefficient (Wildman–Crippen LogP) is 0.180. The van der Waals surface area contributed by atoms with Gasteiger partial charge in [0.25, 0.3) is 5.91 Å². The summed E-state index contributed by atoms with van der Waals surface area (Å²) in [5.41, 5.74) is 2.39. The molecule has 0 aromatic heterocycles. The van der Waals surface area contributed by atoms with E-state index in [-0.39, 0.29) is 42.8 Å². The zero-order valence-corrected chi connectivity index (χ0v) is 19.3. The Hall–Kier alpha value is -3.28. The number of Topliss-reactive ketones (excluding diaryl/α,β-unsaturated/α-hetero) is 2. The molecule has 3 aliphatic carbocycles. The largest absolute Gasteiger partial charge is 0.510 e. The van der Waals surface area contributed by atoms with Crippen molar-refractivity contribution in [1.29, 1.82) is 0 Å². The minimum absolute atomic E-state index is 0.0341. The van der Waals surface area contributed by atoms with Gasteiger partial charge in [-0.15, -0.1) is 0 Å². The zero-order chi connectivity index (χ0) is 25.8. The van der Waals surface area contributed by atoms with Gasteiger partial charge in [0.05, 0.1) is 11.6 Å². The Morgan fingerprint density at radius 1 is 1.26 bits per heavy atom. The van der Waals surface area contributed by atoms with Gasteiger partial charge < -0.3 is 31.5 Å². The Balaban J connectivity index is 1.86. The number of phenols is 1. The number of phenolic OH excluding ortho intramolecular Hbond substituents is 1. The first-order valence-corrected chi connectivity index (χ1v) is 11.2. The van der Waals surface area contributed by atoms with Gasteiger partial charge in [-0.05, 0) is 38.4 Å². The van der Waals surface area contributed by atoms with Crippen LogP contribution in [0.2, 0.25) is 0 Å². The lowest BCUT2D eigenvalue weighted by atomic mass is 9.58. The molecule has 0 spiro atoms. The second-order valence-corrected chi connectivity index (χ2v) is 9.44. The lowest BCUT2D eigenvalue weighted by Crippen LogP contribution is -2.63. The molecule has 0 saturated carbocycles. The lowest BCUT2D eigenvalue weighted by Gasteiger charge is -2.50. The summed E-state index contributed by atoms with van der Waals surface area (Å²) in [6.45, 7) is -0.442. The average molecular weight is 490 g/mol. The summed E-state index contributed by atoms with van der Waals surface area (Å²) in [6, 6.07) is 2.27. The molecular weight excluding hydrogens is 461 g/mol. The topological polar surface area (TPSA) is 173 Å². The number of carbonyl (C=O) groups is 3. The Bertz CT molecular complexity index is 1190. The first-order chi connectivity index (χ1) is 16.5. The van der Waals surface area contributed by atoms with Crippen molar-refractivity contribution < 1.29 is 39.2 Å². The molecule has 35 heavy (non-hydrogen) atoms. The van der Waals surface area contributed by atoms with Crippen LogP contribution in [0.15, 0.2) is 34.8 Å². The first-order valence-electron chi connectivity index (χ1n) is 11.2. The predicted molar refractivity (Wildman–Crippen MR) is 121 cm³/mol. The molecule has 11 heteroatoms. The van der Waals surface area contributed by atoms with Gasteiger partial charge in [-0.3, -0.25) is 19.3 Å². The lowest BCUT2D eigenvalue weighted by molar-refractivity contribution is -0.148. The van der Waals surface area contributed by atoms with Gasteiger partial charge in [-0.2, -0.15) is 0 Å². The molecule has 0 radical (unpaired) electrons. The maximum absolute atomic E-state index is 13.5. The number of hydrogen-bond acceptors (Lipinski definition) is 9. The standard InChI is InChI=1S/C24H28FN3O7/c1-28(2)17-13-8-12-7-10-3-4-11(9-27-6-5-25)18(29)14(10)19(30)15(12)21(32)24(13,35)22(33)16(20(17)31)23(26)34/h3-4,12-13,17,27,29,31-32,35H,5-9H2,1-2H3,(H2,26,34)/t12-,13-,17-,24-/m0/s1. The van der Waals surface area contributed by atoms with Gasteiger partial charge in [0.1, 0.15) is 29.5 Å². The maximum atomic E-state index is 13.5. The molecule has 3 aliphatic rings. The molecule has 1 aromatic rings. The number of alkyl halides is 1. The zero-order valence-electron chi connectivity index (χ0n) is 19.3. The highest BCUT2D eigenvalue weighted by Crippen LogP contribution is 2.52. The highest BCUT2D eigenvalue weighted by molar-refractivity contribution is 6.24. The van der Waals surface area contributed by atoms with E-state index >= 15 is 0 Å². The van der Waals surface area contributed by atoms with Crippen molar-refractivity contribution in [1.82, 2.24) is 10.2 Å². The molecule has 0 saturated heterocycles. The molecule has 1 amide bonds. The van der Waals surface area contributed by atoms with Crippen LogP contribution in [-0.2, 0) is 22.6 Å². The number of aliphatic hydroxyl groups is 3. The second kappa shape index (κ2) is 8.74. The minimum Gasteiger partial charge on any atom is -0.510 e. The van der Waals surface area contributed by atoms with Crippen molar-refractivity contribution in [3.8, 4) is 5.75 Å². The van der Waals surface area contributed by atoms with E-state index in [9.17, 15) is 39.2 Å². The number of aromatic hydroxyl groups is 1. The molecule has 0 bridgehead atoms. The van der Waals surface area contributed by atoms with Crippen LogP contribution in [0.3, 0.4) is 0 Å². The van der Waals surface area contributed by atoms with E-state index < -0.39 is 64.7 Å². The number of ketones is 2. The molecule has 7 N–H and O–H groups in total. The Morgan fingerprint density at radius 2 is 1.94 bits per heavy atom. The number of benzene rings is 1. The van der Waals surface area contributed by atoms with Gasteiger partial charge in [-0.1, -0.05) is 12.1 Å². The number of carbonyl (C=O) groups excluding carboxylic acids is 3. The van der Waals surface area contributed by atoms with Crippen LogP contribution in [-0.4, -0.2) is 81.8 Å². The van der Waals surface area contributed by atoms with E-state index in [0.717, 1.165) is 0 Å². The second-order valence-electron chi connectivity index (χ2n) is 9.44. The summed E-state index contributed by atoms with van der Waals surface area (Å²) in [5.74, 6) is -6.82. The van der Waals surface area contributed by atoms with Gasteiger partial charge in [0.2, 0.25) is 5.78 Å². The first kappa shape index (κ1) is 24.8. The van der Waals surface area contributed by atoms with Crippen LogP contribution in [0.1, 0.15) is 27.9 Å². The minimum atomic E-state index is -2.67. The van der Waals surface area contributed by atoms with Gasteiger partial charge in [0.15, 0.2) is 11.4 Å². The molecule has 4 rings (SSSR count). The quantitative estimate of drug-likeness (QED) is 0.241. The highest BCUT2D eigenvalue weighted by Gasteiger charge is 2.63. The fraction of sp³-hybridized carbons (Fsp3) is 0.458. The van der Waals surface area contributed by atoms with E-state index in [0.29, 0.717) is 11.1 Å². The Kier molecular flexibility index (Phi) is 6.20. The van der Waals surface area contributed by atoms with Crippen LogP contribution >= 0.6 is 0 Å². The van der Waals surface area contributed by atoms with Crippen molar-refractivity contribution in [3.63, 3.8) is 0 Å². The number of nitrogens with one attached hydrogen (secondary N) is 1. The van der Waals surface area contributed by atoms with Crippen molar-refractivity contribution in [2.45, 2.75) is 31.0 Å². The number of aliphatic hydroxyl groups excluding tert-OH is 2. The van der Waals surface area contributed by atoms with E-state index in [4.69, 9.17) is 5.73 Å². The van der Waals surface area contributed by atoms with Gasteiger partial charge >= 0.3 is 0 Å². The van der Waals surface area contributed by atoms with Gasteiger partial charge in [-0.25, -0.2) is 4.39 Å². The number of rotatable bonds is 6. The molecule has 4 atom stereocenters. The molecule has 188 valence electrons. The summed E-state index contributed by atoms with van der Waals surface area (Å²) < 4.78 is 12.4. The number of hydrogen-bond donors (Lipinski definition) is 6. The fourth-order valence-electron chi connectivity index (χ4n) is 5.70. The summed E-state index contributed by atoms with van der Waals surface area (Å²) in [4.78, 5) is 40.3. The third kappa shape index (κ3) is 3.53. The Morgan fingerprint density at radius 3 is 2.54 bits per heavy atom. The van der Waals surface area contributed by atoms with E-state index in [1.807, 2.05) is 0 Å².